The molecule has 0 saturated carbocycles. The maximum absolute atomic E-state index is 13.3. The zero-order valence-corrected chi connectivity index (χ0v) is 32.4. The number of aliphatic hydroxyl groups excluding tert-OH is 2. The molecule has 0 aromatic rings. The minimum Gasteiger partial charge on any atom is -0.481 e. The number of carboxylic acid groups (broad SMARTS) is 2. The monoisotopic (exact) mass is 818 g/mol. The summed E-state index contributed by atoms with van der Waals surface area (Å²) in [5.74, 6) is -10.8. The molecule has 8 atom stereocenters. The van der Waals surface area contributed by atoms with Crippen molar-refractivity contribution in [3.8, 4) is 0 Å². The Morgan fingerprint density at radius 2 is 1.21 bits per heavy atom. The first kappa shape index (κ1) is 51.5. The number of primary amides is 1. The third-order valence-corrected chi connectivity index (χ3v) is 8.02. The second-order valence-electron chi connectivity index (χ2n) is 13.6. The number of aliphatic hydroxyl groups is 2. The topological polar surface area (TPSA) is 414 Å². The van der Waals surface area contributed by atoms with E-state index in [-0.39, 0.29) is 25.2 Å². The van der Waals surface area contributed by atoms with Crippen LogP contribution in [0.5, 0.6) is 0 Å². The first-order valence-corrected chi connectivity index (χ1v) is 18.1. The lowest BCUT2D eigenvalue weighted by molar-refractivity contribution is -0.143. The second-order valence-corrected chi connectivity index (χ2v) is 13.6. The highest BCUT2D eigenvalue weighted by atomic mass is 16.4. The molecule has 0 unspecified atom stereocenters. The smallest absolute Gasteiger partial charge is 0.326 e. The van der Waals surface area contributed by atoms with Crippen LogP contribution in [0.2, 0.25) is 0 Å². The van der Waals surface area contributed by atoms with E-state index < -0.39 is 134 Å². The van der Waals surface area contributed by atoms with E-state index in [0.717, 1.165) is 6.92 Å². The predicted molar refractivity (Wildman–Crippen MR) is 198 cm³/mol. The van der Waals surface area contributed by atoms with Crippen LogP contribution in [0.1, 0.15) is 72.6 Å². The van der Waals surface area contributed by atoms with Crippen LogP contribution in [0.3, 0.4) is 0 Å². The van der Waals surface area contributed by atoms with Gasteiger partial charge in [0.25, 0.3) is 0 Å². The average Bonchev–Trinajstić information content (AvgIpc) is 3.11. The van der Waals surface area contributed by atoms with Gasteiger partial charge in [0.2, 0.25) is 47.3 Å². The van der Waals surface area contributed by atoms with Crippen LogP contribution in [-0.2, 0) is 47.9 Å². The van der Waals surface area contributed by atoms with Crippen LogP contribution in [0, 0.1) is 5.92 Å². The number of hydrogen-bond donors (Lipinski definition) is 14. The Kier molecular flexibility index (Phi) is 23.9. The molecular weight excluding hydrogens is 760 g/mol. The Bertz CT molecular complexity index is 1430. The van der Waals surface area contributed by atoms with Gasteiger partial charge in [-0.25, -0.2) is 4.79 Å². The van der Waals surface area contributed by atoms with E-state index in [9.17, 15) is 63.3 Å². The number of carbonyl (C=O) groups excluding carboxylic acids is 8. The molecule has 0 aromatic heterocycles. The highest BCUT2D eigenvalue weighted by Gasteiger charge is 2.33. The Morgan fingerprint density at radius 1 is 0.649 bits per heavy atom. The van der Waals surface area contributed by atoms with E-state index in [4.69, 9.17) is 22.3 Å². The lowest BCUT2D eigenvalue weighted by atomic mass is 10.0. The van der Waals surface area contributed by atoms with Crippen molar-refractivity contribution in [3.63, 3.8) is 0 Å². The molecule has 324 valence electrons. The Labute approximate surface area is 328 Å². The third-order valence-electron chi connectivity index (χ3n) is 8.02. The maximum atomic E-state index is 13.3. The van der Waals surface area contributed by atoms with Crippen molar-refractivity contribution in [1.29, 1.82) is 0 Å². The van der Waals surface area contributed by atoms with E-state index >= 15 is 0 Å². The van der Waals surface area contributed by atoms with Crippen LogP contribution in [0.4, 0.5) is 0 Å². The summed E-state index contributed by atoms with van der Waals surface area (Å²) in [5, 5.41) is 54.2. The minimum absolute atomic E-state index is 0.0272. The van der Waals surface area contributed by atoms with Gasteiger partial charge >= 0.3 is 11.9 Å². The van der Waals surface area contributed by atoms with Gasteiger partial charge in [0, 0.05) is 6.42 Å². The second kappa shape index (κ2) is 26.4. The molecule has 24 heteroatoms. The molecule has 0 aliphatic rings. The number of amides is 8. The fraction of sp³-hybridized carbons (Fsp3) is 0.697. The summed E-state index contributed by atoms with van der Waals surface area (Å²) in [7, 11) is 0. The number of hydrogen-bond acceptors (Lipinski definition) is 14. The van der Waals surface area contributed by atoms with Crippen molar-refractivity contribution in [1.82, 2.24) is 37.2 Å². The molecule has 0 bridgehead atoms. The Hall–Kier alpha value is -5.46. The first-order valence-electron chi connectivity index (χ1n) is 18.1. The molecule has 57 heavy (non-hydrogen) atoms. The Balaban J connectivity index is 5.69. The van der Waals surface area contributed by atoms with Gasteiger partial charge in [0.15, 0.2) is 0 Å². The van der Waals surface area contributed by atoms with Gasteiger partial charge in [-0.1, -0.05) is 13.8 Å². The molecule has 0 fully saturated rings. The maximum Gasteiger partial charge on any atom is 0.326 e. The van der Waals surface area contributed by atoms with Crippen LogP contribution in [0.25, 0.3) is 0 Å². The van der Waals surface area contributed by atoms with Crippen molar-refractivity contribution in [2.75, 3.05) is 19.7 Å². The van der Waals surface area contributed by atoms with Crippen molar-refractivity contribution < 1.29 is 68.4 Å². The molecule has 0 aliphatic heterocycles. The fourth-order valence-electron chi connectivity index (χ4n) is 4.89. The first-order chi connectivity index (χ1) is 26.5. The molecule has 0 heterocycles. The third kappa shape index (κ3) is 20.9. The molecule has 0 radical (unpaired) electrons. The predicted octanol–water partition coefficient (Wildman–Crippen LogP) is -6.27. The SMILES string of the molecule is CC(C)C[C@H](NC(=O)[C@@H](NC(=O)CNC(=O)[C@@H](CCC(N)=O)NC(=O)[C@H](C)NC(=O)[C@@H](N)CC(=O)O)[C@@H](C)O)C(=O)N[C@@H](CO)C(=O)N[C@@H](CCCCN)C(=O)O. The number of rotatable bonds is 28. The highest BCUT2D eigenvalue weighted by Crippen LogP contribution is 2.08. The largest absolute Gasteiger partial charge is 0.481 e. The molecular formula is C33H58N10O14. The van der Waals surface area contributed by atoms with Crippen LogP contribution >= 0.6 is 0 Å². The zero-order valence-electron chi connectivity index (χ0n) is 32.4. The van der Waals surface area contributed by atoms with Gasteiger partial charge in [-0.3, -0.25) is 43.2 Å². The zero-order chi connectivity index (χ0) is 44.0. The van der Waals surface area contributed by atoms with E-state index in [2.05, 4.69) is 37.2 Å². The summed E-state index contributed by atoms with van der Waals surface area (Å²) >= 11 is 0. The van der Waals surface area contributed by atoms with E-state index in [1.54, 1.807) is 13.8 Å². The number of nitrogens with two attached hydrogens (primary N) is 3. The van der Waals surface area contributed by atoms with Crippen LogP contribution < -0.4 is 54.4 Å². The number of carbonyl (C=O) groups is 10. The normalized spacial score (nSPS) is 15.2. The molecule has 0 rings (SSSR count). The minimum atomic E-state index is -1.71. The molecule has 8 amide bonds. The van der Waals surface area contributed by atoms with Crippen molar-refractivity contribution in [3.05, 3.63) is 0 Å². The molecule has 0 saturated heterocycles. The van der Waals surface area contributed by atoms with Crippen molar-refractivity contribution in [2.24, 2.45) is 23.1 Å². The van der Waals surface area contributed by atoms with Gasteiger partial charge in [0.1, 0.15) is 36.3 Å². The summed E-state index contributed by atoms with van der Waals surface area (Å²) in [6.45, 7) is 4.29. The number of aliphatic carboxylic acids is 2. The quantitative estimate of drug-likeness (QED) is 0.0327. The van der Waals surface area contributed by atoms with Crippen molar-refractivity contribution >= 4 is 59.2 Å². The molecule has 0 aromatic carbocycles. The Morgan fingerprint density at radius 3 is 1.72 bits per heavy atom. The highest BCUT2D eigenvalue weighted by molar-refractivity contribution is 5.97. The fourth-order valence-corrected chi connectivity index (χ4v) is 4.89. The molecule has 17 N–H and O–H groups in total. The van der Waals surface area contributed by atoms with E-state index in [1.165, 1.54) is 6.92 Å². The van der Waals surface area contributed by atoms with Gasteiger partial charge in [-0.05, 0) is 58.4 Å². The molecule has 0 aliphatic carbocycles. The van der Waals surface area contributed by atoms with Crippen LogP contribution in [0.15, 0.2) is 0 Å². The molecule has 24 nitrogen and oxygen atoms in total. The summed E-state index contributed by atoms with van der Waals surface area (Å²) in [6, 6.07) is -10.3. The lowest BCUT2D eigenvalue weighted by Crippen LogP contribution is -2.60. The lowest BCUT2D eigenvalue weighted by Gasteiger charge is -2.27. The van der Waals surface area contributed by atoms with E-state index in [0.29, 0.717) is 19.4 Å². The van der Waals surface area contributed by atoms with Crippen molar-refractivity contribution in [2.45, 2.75) is 121 Å². The number of carboxylic acids is 2. The average molecular weight is 819 g/mol. The van der Waals surface area contributed by atoms with Gasteiger partial charge in [-0.2, -0.15) is 0 Å². The standard InChI is InChI=1S/C33H58N10O14/c1-15(2)11-21(30(53)42-22(14-44)31(54)40-20(33(56)57)7-5-6-10-34)41-32(55)26(17(4)45)43-24(47)13-37-29(52)19(8-9-23(36)46)39-27(50)16(3)38-28(51)18(35)12-25(48)49/h15-22,26,44-45H,5-14,34-35H2,1-4H3,(H2,36,46)(H,37,52)(H,38,51)(H,39,50)(H,40,54)(H,41,55)(H,42,53)(H,43,47)(H,48,49)(H,56,57)/t16-,17+,18-,19+,20-,21-,22-,26-/m0/s1. The molecule has 0 spiro atoms. The van der Waals surface area contributed by atoms with Crippen LogP contribution in [-0.4, -0.2) is 148 Å². The number of nitrogens with one attached hydrogen (secondary N) is 7. The number of unbranched alkanes of at least 4 members (excludes halogenated alkanes) is 1. The summed E-state index contributed by atoms with van der Waals surface area (Å²) < 4.78 is 0. The van der Waals surface area contributed by atoms with Gasteiger partial charge < -0.3 is 74.8 Å². The summed E-state index contributed by atoms with van der Waals surface area (Å²) in [4.78, 5) is 124. The van der Waals surface area contributed by atoms with E-state index in [1.807, 2.05) is 0 Å². The summed E-state index contributed by atoms with van der Waals surface area (Å²) in [6.07, 6.45) is -2.15. The van der Waals surface area contributed by atoms with Gasteiger partial charge in [0.05, 0.1) is 31.7 Å². The van der Waals surface area contributed by atoms with Gasteiger partial charge in [-0.15, -0.1) is 0 Å². The summed E-state index contributed by atoms with van der Waals surface area (Å²) in [5.41, 5.74) is 16.1.